The van der Waals surface area contributed by atoms with Crippen LogP contribution in [0.4, 0.5) is 14.6 Å². The van der Waals surface area contributed by atoms with Gasteiger partial charge in [-0.25, -0.2) is 17.2 Å². The van der Waals surface area contributed by atoms with Crippen LogP contribution in [-0.2, 0) is 15.4 Å². The number of H-pyrrole nitrogens is 1. The van der Waals surface area contributed by atoms with Crippen LogP contribution in [0.15, 0.2) is 23.1 Å². The van der Waals surface area contributed by atoms with Gasteiger partial charge in [-0.2, -0.15) is 5.10 Å². The zero-order valence-electron chi connectivity index (χ0n) is 13.1. The Kier molecular flexibility index (Phi) is 4.34. The van der Waals surface area contributed by atoms with Crippen molar-refractivity contribution >= 4 is 15.8 Å². The fourth-order valence-electron chi connectivity index (χ4n) is 1.90. The van der Waals surface area contributed by atoms with E-state index in [1.165, 1.54) is 6.07 Å². The molecule has 1 aromatic carbocycles. The SMILES string of the molecule is COc1cc(F)cc(F)c1S(=O)(=O)Nc1cc(C(C)(C)C)[nH]n1. The quantitative estimate of drug-likeness (QED) is 0.892. The first-order valence-electron chi connectivity index (χ1n) is 6.66. The van der Waals surface area contributed by atoms with Crippen molar-refractivity contribution in [3.8, 4) is 5.75 Å². The third-order valence-corrected chi connectivity index (χ3v) is 4.50. The number of nitrogens with zero attached hydrogens (tertiary/aromatic N) is 1. The molecule has 0 aliphatic heterocycles. The van der Waals surface area contributed by atoms with Gasteiger partial charge in [-0.05, 0) is 0 Å². The number of halogens is 2. The van der Waals surface area contributed by atoms with Gasteiger partial charge >= 0.3 is 0 Å². The van der Waals surface area contributed by atoms with Crippen molar-refractivity contribution < 1.29 is 21.9 Å². The summed E-state index contributed by atoms with van der Waals surface area (Å²) >= 11 is 0. The van der Waals surface area contributed by atoms with E-state index in [2.05, 4.69) is 14.9 Å². The van der Waals surface area contributed by atoms with Crippen LogP contribution in [0, 0.1) is 11.6 Å². The van der Waals surface area contributed by atoms with E-state index in [1.54, 1.807) is 0 Å². The molecule has 0 atom stereocenters. The summed E-state index contributed by atoms with van der Waals surface area (Å²) in [4.78, 5) is -0.776. The lowest BCUT2D eigenvalue weighted by molar-refractivity contribution is 0.390. The molecule has 0 saturated carbocycles. The van der Waals surface area contributed by atoms with Crippen molar-refractivity contribution in [1.29, 1.82) is 0 Å². The molecular weight excluding hydrogens is 328 g/mol. The number of anilines is 1. The number of aromatic nitrogens is 2. The maximum absolute atomic E-state index is 13.9. The van der Waals surface area contributed by atoms with Gasteiger partial charge in [0.05, 0.1) is 7.11 Å². The molecule has 0 aliphatic rings. The van der Waals surface area contributed by atoms with Crippen LogP contribution in [0.3, 0.4) is 0 Å². The molecule has 0 aliphatic carbocycles. The van der Waals surface area contributed by atoms with E-state index in [1.807, 2.05) is 20.8 Å². The summed E-state index contributed by atoms with van der Waals surface area (Å²) in [6.45, 7) is 5.75. The molecule has 9 heteroatoms. The molecule has 6 nitrogen and oxygen atoms in total. The van der Waals surface area contributed by atoms with Gasteiger partial charge in [0.25, 0.3) is 10.0 Å². The number of rotatable bonds is 4. The minimum absolute atomic E-state index is 0.000651. The van der Waals surface area contributed by atoms with Crippen LogP contribution >= 0.6 is 0 Å². The first-order chi connectivity index (χ1) is 10.5. The van der Waals surface area contributed by atoms with Crippen molar-refractivity contribution in [1.82, 2.24) is 10.2 Å². The van der Waals surface area contributed by atoms with Crippen molar-refractivity contribution in [3.05, 3.63) is 35.5 Å². The van der Waals surface area contributed by atoms with E-state index < -0.39 is 32.3 Å². The molecule has 126 valence electrons. The highest BCUT2D eigenvalue weighted by molar-refractivity contribution is 7.92. The summed E-state index contributed by atoms with van der Waals surface area (Å²) in [6, 6.07) is 2.77. The van der Waals surface area contributed by atoms with Gasteiger partial charge < -0.3 is 4.74 Å². The molecule has 2 rings (SSSR count). The molecule has 1 heterocycles. The third kappa shape index (κ3) is 3.61. The Bertz CT molecular complexity index is 826. The first kappa shape index (κ1) is 17.2. The van der Waals surface area contributed by atoms with Crippen LogP contribution < -0.4 is 9.46 Å². The molecule has 23 heavy (non-hydrogen) atoms. The summed E-state index contributed by atoms with van der Waals surface area (Å²) in [5.74, 6) is -2.61. The molecule has 0 spiro atoms. The van der Waals surface area contributed by atoms with Gasteiger partial charge in [0.1, 0.15) is 17.4 Å². The minimum atomic E-state index is -4.33. The average Bonchev–Trinajstić information content (AvgIpc) is 2.84. The molecule has 0 unspecified atom stereocenters. The summed E-state index contributed by atoms with van der Waals surface area (Å²) in [5.41, 5.74) is 0.428. The Labute approximate surface area is 132 Å². The summed E-state index contributed by atoms with van der Waals surface area (Å²) < 4.78 is 58.8. The van der Waals surface area contributed by atoms with E-state index >= 15 is 0 Å². The zero-order chi connectivity index (χ0) is 17.4. The summed E-state index contributed by atoms with van der Waals surface area (Å²) in [7, 11) is -3.21. The normalized spacial score (nSPS) is 12.3. The van der Waals surface area contributed by atoms with Crippen molar-refractivity contribution in [2.45, 2.75) is 31.1 Å². The Hall–Kier alpha value is -2.16. The van der Waals surface area contributed by atoms with Gasteiger partial charge in [0.15, 0.2) is 10.7 Å². The van der Waals surface area contributed by atoms with E-state index in [0.717, 1.165) is 13.2 Å². The number of benzene rings is 1. The Balaban J connectivity index is 2.42. The van der Waals surface area contributed by atoms with Gasteiger partial charge in [0, 0.05) is 29.3 Å². The summed E-state index contributed by atoms with van der Waals surface area (Å²) in [6.07, 6.45) is 0. The maximum Gasteiger partial charge on any atom is 0.269 e. The number of methoxy groups -OCH3 is 1. The molecule has 0 radical (unpaired) electrons. The van der Waals surface area contributed by atoms with Crippen LogP contribution in [0.25, 0.3) is 0 Å². The largest absolute Gasteiger partial charge is 0.495 e. The van der Waals surface area contributed by atoms with Crippen LogP contribution in [0.2, 0.25) is 0 Å². The Morgan fingerprint density at radius 3 is 2.39 bits per heavy atom. The molecule has 2 aromatic rings. The summed E-state index contributed by atoms with van der Waals surface area (Å²) in [5, 5.41) is 6.55. The fraction of sp³-hybridized carbons (Fsp3) is 0.357. The van der Waals surface area contributed by atoms with Crippen molar-refractivity contribution in [2.24, 2.45) is 0 Å². The highest BCUT2D eigenvalue weighted by Gasteiger charge is 2.27. The Morgan fingerprint density at radius 2 is 1.87 bits per heavy atom. The monoisotopic (exact) mass is 345 g/mol. The van der Waals surface area contributed by atoms with Gasteiger partial charge in [-0.1, -0.05) is 20.8 Å². The lowest BCUT2D eigenvalue weighted by Gasteiger charge is -2.14. The number of hydrogen-bond donors (Lipinski definition) is 2. The lowest BCUT2D eigenvalue weighted by Crippen LogP contribution is -2.16. The first-order valence-corrected chi connectivity index (χ1v) is 8.14. The molecule has 0 saturated heterocycles. The topological polar surface area (TPSA) is 84.1 Å². The predicted molar refractivity (Wildman–Crippen MR) is 81.0 cm³/mol. The molecule has 0 fully saturated rings. The van der Waals surface area contributed by atoms with Gasteiger partial charge in [-0.15, -0.1) is 0 Å². The molecule has 0 bridgehead atoms. The van der Waals surface area contributed by atoms with E-state index in [0.29, 0.717) is 11.8 Å². The smallest absolute Gasteiger partial charge is 0.269 e. The fourth-order valence-corrected chi connectivity index (χ4v) is 3.10. The van der Waals surface area contributed by atoms with E-state index in [9.17, 15) is 17.2 Å². The van der Waals surface area contributed by atoms with E-state index in [4.69, 9.17) is 4.74 Å². The molecular formula is C14H17F2N3O3S. The zero-order valence-corrected chi connectivity index (χ0v) is 13.9. The maximum atomic E-state index is 13.9. The number of hydrogen-bond acceptors (Lipinski definition) is 4. The number of nitrogens with one attached hydrogen (secondary N) is 2. The van der Waals surface area contributed by atoms with E-state index in [-0.39, 0.29) is 11.2 Å². The molecule has 0 amide bonds. The van der Waals surface area contributed by atoms with Crippen molar-refractivity contribution in [2.75, 3.05) is 11.8 Å². The second kappa shape index (κ2) is 5.80. The second-order valence-electron chi connectivity index (χ2n) is 5.94. The highest BCUT2D eigenvalue weighted by Crippen LogP contribution is 2.30. The predicted octanol–water partition coefficient (Wildman–Crippen LogP) is 2.79. The second-order valence-corrected chi connectivity index (χ2v) is 7.56. The molecule has 2 N–H and O–H groups in total. The highest BCUT2D eigenvalue weighted by atomic mass is 32.2. The van der Waals surface area contributed by atoms with Gasteiger partial charge in [0.2, 0.25) is 0 Å². The minimum Gasteiger partial charge on any atom is -0.495 e. The van der Waals surface area contributed by atoms with Crippen LogP contribution in [-0.4, -0.2) is 25.7 Å². The standard InChI is InChI=1S/C14H17F2N3O3S/c1-14(2,3)11-7-12(18-17-11)19-23(20,21)13-9(16)5-8(15)6-10(13)22-4/h5-7H,1-4H3,(H2,17,18,19). The lowest BCUT2D eigenvalue weighted by atomic mass is 9.92. The van der Waals surface area contributed by atoms with Crippen LogP contribution in [0.5, 0.6) is 5.75 Å². The molecule has 1 aromatic heterocycles. The van der Waals surface area contributed by atoms with Gasteiger partial charge in [-0.3, -0.25) is 9.82 Å². The Morgan fingerprint density at radius 1 is 1.22 bits per heavy atom. The third-order valence-electron chi connectivity index (χ3n) is 3.09. The number of ether oxygens (including phenoxy) is 1. The number of aromatic amines is 1. The van der Waals surface area contributed by atoms with Crippen molar-refractivity contribution in [3.63, 3.8) is 0 Å². The van der Waals surface area contributed by atoms with Crippen LogP contribution in [0.1, 0.15) is 26.5 Å². The number of sulfonamides is 1. The average molecular weight is 345 g/mol.